The molecule has 0 aliphatic heterocycles. The van der Waals surface area contributed by atoms with E-state index in [1.54, 1.807) is 19.4 Å². The monoisotopic (exact) mass is 242 g/mol. The third-order valence-corrected chi connectivity index (χ3v) is 2.09. The summed E-state index contributed by atoms with van der Waals surface area (Å²) in [6.07, 6.45) is 6.97. The molecule has 0 aliphatic carbocycles. The predicted octanol–water partition coefficient (Wildman–Crippen LogP) is 2.93. The van der Waals surface area contributed by atoms with Gasteiger partial charge in [-0.05, 0) is 18.0 Å². The van der Waals surface area contributed by atoms with Gasteiger partial charge in [-0.15, -0.1) is 0 Å². The van der Waals surface area contributed by atoms with Crippen molar-refractivity contribution in [3.8, 4) is 5.75 Å². The number of halogens is 1. The van der Waals surface area contributed by atoms with Crippen LogP contribution in [0.2, 0.25) is 5.28 Å². The fourth-order valence-corrected chi connectivity index (χ4v) is 1.19. The molecule has 0 N–H and O–H groups in total. The highest BCUT2D eigenvalue weighted by molar-refractivity contribution is 6.28. The van der Waals surface area contributed by atoms with Crippen molar-refractivity contribution in [1.82, 2.24) is 9.97 Å². The summed E-state index contributed by atoms with van der Waals surface area (Å²) < 4.78 is 10.4. The Morgan fingerprint density at radius 1 is 1.50 bits per heavy atom. The molecule has 5 heteroatoms. The molecule has 1 rings (SSSR count). The highest BCUT2D eigenvalue weighted by Gasteiger charge is 2.02. The van der Waals surface area contributed by atoms with E-state index in [9.17, 15) is 0 Å². The van der Waals surface area contributed by atoms with Crippen LogP contribution in [0.25, 0.3) is 6.08 Å². The lowest BCUT2D eigenvalue weighted by Gasteiger charge is -2.03. The smallest absolute Gasteiger partial charge is 0.223 e. The first-order valence-corrected chi connectivity index (χ1v) is 5.50. The van der Waals surface area contributed by atoms with Gasteiger partial charge in [-0.2, -0.15) is 0 Å². The first-order valence-electron chi connectivity index (χ1n) is 5.12. The van der Waals surface area contributed by atoms with E-state index < -0.39 is 0 Å². The van der Waals surface area contributed by atoms with Gasteiger partial charge in [-0.1, -0.05) is 13.3 Å². The van der Waals surface area contributed by atoms with Crippen LogP contribution < -0.4 is 4.74 Å². The van der Waals surface area contributed by atoms with Gasteiger partial charge in [0.2, 0.25) is 5.28 Å². The standard InChI is InChI=1S/C11H15ClN2O2/c1-3-4-6-16-7-5-9-10(15-2)8-13-11(12)14-9/h5,7-8H,3-4,6H2,1-2H3/b7-5+. The van der Waals surface area contributed by atoms with E-state index in [-0.39, 0.29) is 5.28 Å². The van der Waals surface area contributed by atoms with E-state index in [0.717, 1.165) is 12.8 Å². The minimum absolute atomic E-state index is 0.189. The van der Waals surface area contributed by atoms with Crippen molar-refractivity contribution in [3.05, 3.63) is 23.4 Å². The van der Waals surface area contributed by atoms with Gasteiger partial charge in [-0.25, -0.2) is 9.97 Å². The number of unbranched alkanes of at least 4 members (excludes halogenated alkanes) is 1. The van der Waals surface area contributed by atoms with Crippen LogP contribution in [-0.4, -0.2) is 23.7 Å². The normalized spacial score (nSPS) is 10.7. The molecular weight excluding hydrogens is 228 g/mol. The van der Waals surface area contributed by atoms with Gasteiger partial charge in [0, 0.05) is 6.08 Å². The molecule has 4 nitrogen and oxygen atoms in total. The quantitative estimate of drug-likeness (QED) is 0.437. The molecule has 0 saturated heterocycles. The van der Waals surface area contributed by atoms with E-state index in [1.165, 1.54) is 6.20 Å². The van der Waals surface area contributed by atoms with Crippen LogP contribution in [0.3, 0.4) is 0 Å². The maximum Gasteiger partial charge on any atom is 0.223 e. The maximum absolute atomic E-state index is 5.68. The minimum atomic E-state index is 0.189. The number of aromatic nitrogens is 2. The lowest BCUT2D eigenvalue weighted by molar-refractivity contribution is 0.246. The summed E-state index contributed by atoms with van der Waals surface area (Å²) >= 11 is 5.68. The largest absolute Gasteiger partial charge is 0.501 e. The van der Waals surface area contributed by atoms with E-state index in [0.29, 0.717) is 18.1 Å². The van der Waals surface area contributed by atoms with Crippen LogP contribution in [-0.2, 0) is 4.74 Å². The topological polar surface area (TPSA) is 44.2 Å². The van der Waals surface area contributed by atoms with Gasteiger partial charge >= 0.3 is 0 Å². The summed E-state index contributed by atoms with van der Waals surface area (Å²) in [6, 6.07) is 0. The minimum Gasteiger partial charge on any atom is -0.501 e. The highest BCUT2D eigenvalue weighted by atomic mass is 35.5. The summed E-state index contributed by atoms with van der Waals surface area (Å²) in [4.78, 5) is 7.85. The molecule has 0 atom stereocenters. The fraction of sp³-hybridized carbons (Fsp3) is 0.455. The lowest BCUT2D eigenvalue weighted by Crippen LogP contribution is -1.93. The summed E-state index contributed by atoms with van der Waals surface area (Å²) in [5, 5.41) is 0.189. The van der Waals surface area contributed by atoms with Crippen molar-refractivity contribution in [1.29, 1.82) is 0 Å². The second kappa shape index (κ2) is 7.06. The van der Waals surface area contributed by atoms with Gasteiger partial charge < -0.3 is 9.47 Å². The van der Waals surface area contributed by atoms with Crippen LogP contribution in [0.1, 0.15) is 25.5 Å². The molecule has 0 aromatic carbocycles. The molecule has 88 valence electrons. The molecule has 0 bridgehead atoms. The zero-order valence-electron chi connectivity index (χ0n) is 9.44. The first kappa shape index (κ1) is 12.8. The highest BCUT2D eigenvalue weighted by Crippen LogP contribution is 2.17. The number of rotatable bonds is 6. The lowest BCUT2D eigenvalue weighted by atomic mass is 10.3. The zero-order valence-corrected chi connectivity index (χ0v) is 10.2. The Labute approximate surface area is 100 Å². The van der Waals surface area contributed by atoms with Gasteiger partial charge in [0.05, 0.1) is 26.2 Å². The molecular formula is C11H15ClN2O2. The predicted molar refractivity (Wildman–Crippen MR) is 63.5 cm³/mol. The third kappa shape index (κ3) is 4.06. The fourth-order valence-electron chi connectivity index (χ4n) is 1.05. The summed E-state index contributed by atoms with van der Waals surface area (Å²) in [5.41, 5.74) is 0.610. The van der Waals surface area contributed by atoms with Crippen molar-refractivity contribution in [2.24, 2.45) is 0 Å². The molecule has 0 fully saturated rings. The van der Waals surface area contributed by atoms with Crippen LogP contribution in [0, 0.1) is 0 Å². The molecule has 1 aromatic rings. The van der Waals surface area contributed by atoms with Crippen LogP contribution in [0.15, 0.2) is 12.5 Å². The number of ether oxygens (including phenoxy) is 2. The van der Waals surface area contributed by atoms with Crippen molar-refractivity contribution >= 4 is 17.7 Å². The molecule has 0 aliphatic rings. The Bertz CT molecular complexity index is 356. The van der Waals surface area contributed by atoms with Crippen molar-refractivity contribution < 1.29 is 9.47 Å². The molecule has 0 radical (unpaired) electrons. The van der Waals surface area contributed by atoms with E-state index in [1.807, 2.05) is 0 Å². The maximum atomic E-state index is 5.68. The molecule has 16 heavy (non-hydrogen) atoms. The molecule has 0 saturated carbocycles. The molecule has 1 aromatic heterocycles. The Morgan fingerprint density at radius 2 is 2.31 bits per heavy atom. The van der Waals surface area contributed by atoms with Gasteiger partial charge in [-0.3, -0.25) is 0 Å². The molecule has 0 amide bonds. The van der Waals surface area contributed by atoms with Gasteiger partial charge in [0.25, 0.3) is 0 Å². The van der Waals surface area contributed by atoms with E-state index >= 15 is 0 Å². The summed E-state index contributed by atoms with van der Waals surface area (Å²) in [7, 11) is 1.56. The van der Waals surface area contributed by atoms with E-state index in [2.05, 4.69) is 16.9 Å². The van der Waals surface area contributed by atoms with Crippen molar-refractivity contribution in [2.75, 3.05) is 13.7 Å². The first-order chi connectivity index (χ1) is 7.77. The van der Waals surface area contributed by atoms with Gasteiger partial charge in [0.15, 0.2) is 5.75 Å². The molecule has 0 unspecified atom stereocenters. The van der Waals surface area contributed by atoms with Crippen molar-refractivity contribution in [3.63, 3.8) is 0 Å². The number of hydrogen-bond acceptors (Lipinski definition) is 4. The van der Waals surface area contributed by atoms with Crippen LogP contribution in [0.5, 0.6) is 5.75 Å². The second-order valence-corrected chi connectivity index (χ2v) is 3.46. The zero-order chi connectivity index (χ0) is 11.8. The average Bonchev–Trinajstić information content (AvgIpc) is 2.29. The number of nitrogens with zero attached hydrogens (tertiary/aromatic N) is 2. The Kier molecular flexibility index (Phi) is 5.64. The van der Waals surface area contributed by atoms with Crippen molar-refractivity contribution in [2.45, 2.75) is 19.8 Å². The molecule has 0 spiro atoms. The molecule has 1 heterocycles. The second-order valence-electron chi connectivity index (χ2n) is 3.12. The SMILES string of the molecule is CCCCO/C=C/c1nc(Cl)ncc1OC. The number of methoxy groups -OCH3 is 1. The van der Waals surface area contributed by atoms with Crippen LogP contribution >= 0.6 is 11.6 Å². The van der Waals surface area contributed by atoms with Crippen LogP contribution in [0.4, 0.5) is 0 Å². The Morgan fingerprint density at radius 3 is 3.00 bits per heavy atom. The van der Waals surface area contributed by atoms with E-state index in [4.69, 9.17) is 21.1 Å². The third-order valence-electron chi connectivity index (χ3n) is 1.91. The summed E-state index contributed by atoms with van der Waals surface area (Å²) in [5.74, 6) is 0.569. The Hall–Kier alpha value is -1.29. The van der Waals surface area contributed by atoms with Gasteiger partial charge in [0.1, 0.15) is 5.69 Å². The number of hydrogen-bond donors (Lipinski definition) is 0. The Balaban J connectivity index is 2.60. The average molecular weight is 243 g/mol. The summed E-state index contributed by atoms with van der Waals surface area (Å²) in [6.45, 7) is 2.81.